The van der Waals surface area contributed by atoms with E-state index in [1.807, 2.05) is 0 Å². The van der Waals surface area contributed by atoms with Gasteiger partial charge in [-0.05, 0) is 41.5 Å². The van der Waals surface area contributed by atoms with Gasteiger partial charge >= 0.3 is 0 Å². The molecule has 1 aromatic carbocycles. The SMILES string of the molecule is CCc1cc(CN)cc(CC)c1CC. The Hall–Kier alpha value is -0.820. The third-order valence-corrected chi connectivity index (χ3v) is 2.85. The minimum Gasteiger partial charge on any atom is -0.326 e. The fourth-order valence-electron chi connectivity index (χ4n) is 2.07. The van der Waals surface area contributed by atoms with Gasteiger partial charge in [0.1, 0.15) is 0 Å². The monoisotopic (exact) mass is 191 g/mol. The van der Waals surface area contributed by atoms with Gasteiger partial charge in [0.15, 0.2) is 0 Å². The summed E-state index contributed by atoms with van der Waals surface area (Å²) in [6, 6.07) is 4.52. The molecule has 0 fully saturated rings. The number of nitrogens with two attached hydrogens (primary N) is 1. The molecule has 0 saturated heterocycles. The van der Waals surface area contributed by atoms with E-state index in [0.29, 0.717) is 6.54 Å². The highest BCUT2D eigenvalue weighted by atomic mass is 14.5. The molecular formula is C13H21N. The zero-order chi connectivity index (χ0) is 10.6. The Bertz CT molecular complexity index is 277. The van der Waals surface area contributed by atoms with Gasteiger partial charge in [0.05, 0.1) is 0 Å². The van der Waals surface area contributed by atoms with Gasteiger partial charge in [-0.15, -0.1) is 0 Å². The standard InChI is InChI=1S/C13H21N/c1-4-11-7-10(9-14)8-12(5-2)13(11)6-3/h7-8H,4-6,9,14H2,1-3H3. The molecule has 0 aliphatic rings. The van der Waals surface area contributed by atoms with E-state index in [-0.39, 0.29) is 0 Å². The van der Waals surface area contributed by atoms with E-state index in [9.17, 15) is 0 Å². The van der Waals surface area contributed by atoms with Gasteiger partial charge in [-0.25, -0.2) is 0 Å². The van der Waals surface area contributed by atoms with Crippen molar-refractivity contribution in [2.75, 3.05) is 0 Å². The highest BCUT2D eigenvalue weighted by molar-refractivity contribution is 5.39. The van der Waals surface area contributed by atoms with Crippen LogP contribution in [0.2, 0.25) is 0 Å². The van der Waals surface area contributed by atoms with Gasteiger partial charge < -0.3 is 5.73 Å². The summed E-state index contributed by atoms with van der Waals surface area (Å²) in [5.41, 5.74) is 11.5. The molecule has 0 atom stereocenters. The topological polar surface area (TPSA) is 26.0 Å². The molecule has 0 saturated carbocycles. The highest BCUT2D eigenvalue weighted by Gasteiger charge is 2.06. The molecule has 0 radical (unpaired) electrons. The second-order valence-corrected chi connectivity index (χ2v) is 3.66. The van der Waals surface area contributed by atoms with Gasteiger partial charge in [-0.1, -0.05) is 32.9 Å². The van der Waals surface area contributed by atoms with Gasteiger partial charge in [0.2, 0.25) is 0 Å². The lowest BCUT2D eigenvalue weighted by molar-refractivity contribution is 0.955. The van der Waals surface area contributed by atoms with E-state index in [1.54, 1.807) is 0 Å². The summed E-state index contributed by atoms with van der Waals surface area (Å²) in [6.07, 6.45) is 3.37. The fourth-order valence-corrected chi connectivity index (χ4v) is 2.07. The van der Waals surface area contributed by atoms with E-state index in [2.05, 4.69) is 32.9 Å². The number of aryl methyl sites for hydroxylation is 2. The van der Waals surface area contributed by atoms with E-state index >= 15 is 0 Å². The molecule has 14 heavy (non-hydrogen) atoms. The van der Waals surface area contributed by atoms with Crippen LogP contribution in [0.4, 0.5) is 0 Å². The molecule has 0 amide bonds. The molecule has 0 bridgehead atoms. The van der Waals surface area contributed by atoms with Crippen molar-refractivity contribution in [3.8, 4) is 0 Å². The third-order valence-electron chi connectivity index (χ3n) is 2.85. The fraction of sp³-hybridized carbons (Fsp3) is 0.538. The molecule has 1 nitrogen and oxygen atoms in total. The Morgan fingerprint density at radius 1 is 0.929 bits per heavy atom. The van der Waals surface area contributed by atoms with Crippen LogP contribution in [0.15, 0.2) is 12.1 Å². The zero-order valence-electron chi connectivity index (χ0n) is 9.56. The molecule has 0 unspecified atom stereocenters. The van der Waals surface area contributed by atoms with E-state index in [0.717, 1.165) is 19.3 Å². The normalized spacial score (nSPS) is 10.6. The minimum atomic E-state index is 0.657. The second-order valence-electron chi connectivity index (χ2n) is 3.66. The predicted molar refractivity (Wildman–Crippen MR) is 62.5 cm³/mol. The van der Waals surface area contributed by atoms with Crippen molar-refractivity contribution >= 4 is 0 Å². The van der Waals surface area contributed by atoms with E-state index in [4.69, 9.17) is 5.73 Å². The lowest BCUT2D eigenvalue weighted by Crippen LogP contribution is -2.03. The molecule has 0 aliphatic heterocycles. The summed E-state index contributed by atoms with van der Waals surface area (Å²) in [5.74, 6) is 0. The number of rotatable bonds is 4. The van der Waals surface area contributed by atoms with Crippen molar-refractivity contribution in [1.29, 1.82) is 0 Å². The Balaban J connectivity index is 3.24. The second kappa shape index (κ2) is 5.16. The van der Waals surface area contributed by atoms with Gasteiger partial charge in [0, 0.05) is 6.54 Å². The van der Waals surface area contributed by atoms with Crippen molar-refractivity contribution in [3.63, 3.8) is 0 Å². The summed E-state index contributed by atoms with van der Waals surface area (Å²) in [5, 5.41) is 0. The van der Waals surface area contributed by atoms with E-state index < -0.39 is 0 Å². The van der Waals surface area contributed by atoms with Crippen molar-refractivity contribution < 1.29 is 0 Å². The van der Waals surface area contributed by atoms with E-state index in [1.165, 1.54) is 22.3 Å². The van der Waals surface area contributed by atoms with Crippen LogP contribution in [0.25, 0.3) is 0 Å². The van der Waals surface area contributed by atoms with Crippen LogP contribution >= 0.6 is 0 Å². The average molecular weight is 191 g/mol. The van der Waals surface area contributed by atoms with Crippen LogP contribution in [0.1, 0.15) is 43.0 Å². The first-order valence-corrected chi connectivity index (χ1v) is 5.60. The van der Waals surface area contributed by atoms with Crippen molar-refractivity contribution in [2.45, 2.75) is 46.6 Å². The van der Waals surface area contributed by atoms with Crippen LogP contribution in [0.5, 0.6) is 0 Å². The molecule has 1 rings (SSSR count). The maximum atomic E-state index is 5.69. The van der Waals surface area contributed by atoms with Crippen molar-refractivity contribution in [3.05, 3.63) is 34.4 Å². The minimum absolute atomic E-state index is 0.657. The first-order valence-electron chi connectivity index (χ1n) is 5.60. The van der Waals surface area contributed by atoms with Crippen LogP contribution in [0, 0.1) is 0 Å². The van der Waals surface area contributed by atoms with Crippen LogP contribution in [0.3, 0.4) is 0 Å². The molecule has 78 valence electrons. The van der Waals surface area contributed by atoms with Crippen LogP contribution in [-0.2, 0) is 25.8 Å². The van der Waals surface area contributed by atoms with Crippen LogP contribution < -0.4 is 5.73 Å². The summed E-state index contributed by atoms with van der Waals surface area (Å²) < 4.78 is 0. The number of benzene rings is 1. The van der Waals surface area contributed by atoms with Gasteiger partial charge in [-0.3, -0.25) is 0 Å². The molecule has 2 N–H and O–H groups in total. The average Bonchev–Trinajstić information content (AvgIpc) is 2.26. The Morgan fingerprint density at radius 2 is 1.43 bits per heavy atom. The number of hydrogen-bond acceptors (Lipinski definition) is 1. The summed E-state index contributed by atoms with van der Waals surface area (Å²) in [4.78, 5) is 0. The highest BCUT2D eigenvalue weighted by Crippen LogP contribution is 2.19. The smallest absolute Gasteiger partial charge is 0.0178 e. The first-order chi connectivity index (χ1) is 6.76. The molecular weight excluding hydrogens is 170 g/mol. The molecule has 0 spiro atoms. The summed E-state index contributed by atoms with van der Waals surface area (Å²) in [6.45, 7) is 7.32. The van der Waals surface area contributed by atoms with Crippen LogP contribution in [-0.4, -0.2) is 0 Å². The Labute approximate surface area is 87.3 Å². The Morgan fingerprint density at radius 3 is 1.71 bits per heavy atom. The quantitative estimate of drug-likeness (QED) is 0.778. The third kappa shape index (κ3) is 2.16. The maximum Gasteiger partial charge on any atom is 0.0178 e. The zero-order valence-corrected chi connectivity index (χ0v) is 9.56. The molecule has 0 aromatic heterocycles. The molecule has 0 aliphatic carbocycles. The maximum absolute atomic E-state index is 5.69. The lowest BCUT2D eigenvalue weighted by Gasteiger charge is -2.13. The van der Waals surface area contributed by atoms with Crippen molar-refractivity contribution in [2.24, 2.45) is 5.73 Å². The largest absolute Gasteiger partial charge is 0.326 e. The predicted octanol–water partition coefficient (Wildman–Crippen LogP) is 2.83. The molecule has 1 aromatic rings. The summed E-state index contributed by atoms with van der Waals surface area (Å²) >= 11 is 0. The first kappa shape index (κ1) is 11.3. The molecule has 1 heteroatoms. The lowest BCUT2D eigenvalue weighted by atomic mass is 9.93. The van der Waals surface area contributed by atoms with Crippen molar-refractivity contribution in [1.82, 2.24) is 0 Å². The molecule has 0 heterocycles. The van der Waals surface area contributed by atoms with Gasteiger partial charge in [-0.2, -0.15) is 0 Å². The van der Waals surface area contributed by atoms with Gasteiger partial charge in [0.25, 0.3) is 0 Å². The number of hydrogen-bond donors (Lipinski definition) is 1. The summed E-state index contributed by atoms with van der Waals surface area (Å²) in [7, 11) is 0. The Kier molecular flexibility index (Phi) is 4.15.